The van der Waals surface area contributed by atoms with Crippen LogP contribution < -0.4 is 21.7 Å². The lowest BCUT2D eigenvalue weighted by molar-refractivity contribution is -0.122. The van der Waals surface area contributed by atoms with Gasteiger partial charge in [0.2, 0.25) is 5.91 Å². The molecule has 4 rings (SSSR count). The number of hydrogen-bond acceptors (Lipinski definition) is 7. The molecule has 9 nitrogen and oxygen atoms in total. The number of nitrogen functional groups attached to an aromatic ring is 1. The highest BCUT2D eigenvalue weighted by molar-refractivity contribution is 7.09. The van der Waals surface area contributed by atoms with Crippen molar-refractivity contribution in [3.05, 3.63) is 106 Å². The third-order valence-electron chi connectivity index (χ3n) is 6.09. The molecule has 3 amide bonds. The molecule has 0 aliphatic heterocycles. The number of anilines is 2. The number of carbonyl (C=O) groups is 3. The summed E-state index contributed by atoms with van der Waals surface area (Å²) in [5.74, 6) is -2.52. The van der Waals surface area contributed by atoms with Crippen LogP contribution in [0, 0.1) is 5.82 Å². The number of carbonyl (C=O) groups excluding carboxylic acids is 3. The van der Waals surface area contributed by atoms with Crippen molar-refractivity contribution in [3.8, 4) is 5.75 Å². The van der Waals surface area contributed by atoms with Gasteiger partial charge in [-0.1, -0.05) is 43.3 Å². The number of aromatic hydroxyl groups is 1. The standard InChI is InChI=1S/C28H26FN5O4S/c1-2-16-5-11-20(12-6-16)34(28(38)25-22(30)23(26(31)36)33-39-25)24(18-7-13-21(35)14-8-18)27(37)32-15-17-3-9-19(29)10-4-17/h3-14,24,35H,2,15,30H2,1H3,(H2,31,36)(H,32,37)/t24-/m1/s1. The fraction of sp³-hybridized carbons (Fsp3) is 0.143. The van der Waals surface area contributed by atoms with Crippen LogP contribution in [0.1, 0.15) is 49.8 Å². The number of nitrogens with zero attached hydrogens (tertiary/aromatic N) is 2. The summed E-state index contributed by atoms with van der Waals surface area (Å²) in [6.07, 6.45) is 0.761. The zero-order chi connectivity index (χ0) is 28.1. The van der Waals surface area contributed by atoms with E-state index < -0.39 is 29.6 Å². The first-order chi connectivity index (χ1) is 18.7. The molecule has 6 N–H and O–H groups in total. The predicted octanol–water partition coefficient (Wildman–Crippen LogP) is 3.94. The van der Waals surface area contributed by atoms with E-state index in [1.165, 1.54) is 41.3 Å². The van der Waals surface area contributed by atoms with Gasteiger partial charge in [0.15, 0.2) is 5.69 Å². The fourth-order valence-electron chi connectivity index (χ4n) is 3.98. The van der Waals surface area contributed by atoms with Crippen molar-refractivity contribution in [2.24, 2.45) is 5.73 Å². The second-order valence-corrected chi connectivity index (χ2v) is 9.45. The van der Waals surface area contributed by atoms with Gasteiger partial charge in [-0.25, -0.2) is 4.39 Å². The van der Waals surface area contributed by atoms with Gasteiger partial charge in [-0.3, -0.25) is 19.3 Å². The van der Waals surface area contributed by atoms with E-state index in [2.05, 4.69) is 9.69 Å². The molecule has 0 radical (unpaired) electrons. The molecule has 0 saturated carbocycles. The van der Waals surface area contributed by atoms with Gasteiger partial charge in [-0.15, -0.1) is 0 Å². The van der Waals surface area contributed by atoms with Gasteiger partial charge < -0.3 is 21.9 Å². The number of phenols is 1. The van der Waals surface area contributed by atoms with Gasteiger partial charge >= 0.3 is 0 Å². The van der Waals surface area contributed by atoms with E-state index in [9.17, 15) is 23.9 Å². The quantitative estimate of drug-likeness (QED) is 0.249. The Labute approximate surface area is 228 Å². The Kier molecular flexibility index (Phi) is 8.21. The van der Waals surface area contributed by atoms with Crippen LogP contribution in [0.2, 0.25) is 0 Å². The third kappa shape index (κ3) is 6.04. The van der Waals surface area contributed by atoms with Crippen LogP contribution in [0.3, 0.4) is 0 Å². The molecule has 0 bridgehead atoms. The minimum absolute atomic E-state index is 0.0211. The first kappa shape index (κ1) is 27.3. The molecule has 3 aromatic carbocycles. The van der Waals surface area contributed by atoms with Crippen LogP contribution in [0.4, 0.5) is 15.8 Å². The topological polar surface area (TPSA) is 152 Å². The van der Waals surface area contributed by atoms with Crippen LogP contribution in [0.15, 0.2) is 72.8 Å². The highest BCUT2D eigenvalue weighted by atomic mass is 32.1. The Morgan fingerprint density at radius 2 is 1.62 bits per heavy atom. The van der Waals surface area contributed by atoms with Crippen molar-refractivity contribution in [2.75, 3.05) is 10.6 Å². The Bertz CT molecular complexity index is 1490. The summed E-state index contributed by atoms with van der Waals surface area (Å²) in [7, 11) is 0. The smallest absolute Gasteiger partial charge is 0.273 e. The van der Waals surface area contributed by atoms with E-state index >= 15 is 0 Å². The first-order valence-corrected chi connectivity index (χ1v) is 12.8. The summed E-state index contributed by atoms with van der Waals surface area (Å²) < 4.78 is 17.3. The van der Waals surface area contributed by atoms with Crippen LogP contribution in [-0.4, -0.2) is 27.2 Å². The summed E-state index contributed by atoms with van der Waals surface area (Å²) in [5.41, 5.74) is 13.5. The van der Waals surface area contributed by atoms with Gasteiger partial charge in [0.25, 0.3) is 11.8 Å². The second kappa shape index (κ2) is 11.7. The number of benzene rings is 3. The average Bonchev–Trinajstić information content (AvgIpc) is 3.33. The number of amides is 3. The van der Waals surface area contributed by atoms with E-state index in [0.29, 0.717) is 28.3 Å². The van der Waals surface area contributed by atoms with E-state index in [1.807, 2.05) is 19.1 Å². The van der Waals surface area contributed by atoms with Crippen LogP contribution in [-0.2, 0) is 17.8 Å². The molecule has 0 unspecified atom stereocenters. The lowest BCUT2D eigenvalue weighted by Crippen LogP contribution is -2.44. The molecule has 4 aromatic rings. The summed E-state index contributed by atoms with van der Waals surface area (Å²) in [5, 5.41) is 12.7. The Hall–Kier alpha value is -4.77. The first-order valence-electron chi connectivity index (χ1n) is 12.0. The minimum atomic E-state index is -1.22. The number of aromatic nitrogens is 1. The number of hydrogen-bond donors (Lipinski definition) is 4. The SMILES string of the molecule is CCc1ccc(N(C(=O)c2snc(C(N)=O)c2N)[C@@H](C(=O)NCc2ccc(F)cc2)c2ccc(O)cc2)cc1. The third-order valence-corrected chi connectivity index (χ3v) is 6.94. The van der Waals surface area contributed by atoms with E-state index in [-0.39, 0.29) is 28.6 Å². The van der Waals surface area contributed by atoms with Crippen molar-refractivity contribution in [3.63, 3.8) is 0 Å². The molecule has 0 saturated heterocycles. The number of primary amides is 1. The van der Waals surface area contributed by atoms with Gasteiger partial charge in [-0.05, 0) is 71.0 Å². The number of nitrogens with two attached hydrogens (primary N) is 2. The van der Waals surface area contributed by atoms with Crippen LogP contribution >= 0.6 is 11.5 Å². The summed E-state index contributed by atoms with van der Waals surface area (Å²) >= 11 is 0.707. The molecule has 1 aromatic heterocycles. The van der Waals surface area contributed by atoms with Crippen molar-refractivity contribution >= 4 is 40.6 Å². The minimum Gasteiger partial charge on any atom is -0.508 e. The second-order valence-electron chi connectivity index (χ2n) is 8.67. The van der Waals surface area contributed by atoms with E-state index in [4.69, 9.17) is 11.5 Å². The number of nitrogens with one attached hydrogen (secondary N) is 1. The molecule has 0 aliphatic rings. The Balaban J connectivity index is 1.81. The van der Waals surface area contributed by atoms with Crippen LogP contribution in [0.25, 0.3) is 0 Å². The van der Waals surface area contributed by atoms with E-state index in [0.717, 1.165) is 12.0 Å². The molecule has 11 heteroatoms. The van der Waals surface area contributed by atoms with Crippen LogP contribution in [0.5, 0.6) is 5.75 Å². The van der Waals surface area contributed by atoms with Crippen molar-refractivity contribution in [1.82, 2.24) is 9.69 Å². The van der Waals surface area contributed by atoms with Crippen molar-refractivity contribution < 1.29 is 23.9 Å². The highest BCUT2D eigenvalue weighted by Gasteiger charge is 2.36. The molecular formula is C28H26FN5O4S. The van der Waals surface area contributed by atoms with E-state index in [1.54, 1.807) is 24.3 Å². The van der Waals surface area contributed by atoms with Gasteiger partial charge in [0.1, 0.15) is 22.5 Å². The normalized spacial score (nSPS) is 11.5. The maximum Gasteiger partial charge on any atom is 0.273 e. The Morgan fingerprint density at radius 3 is 2.18 bits per heavy atom. The van der Waals surface area contributed by atoms with Gasteiger partial charge in [0.05, 0.1) is 5.69 Å². The highest BCUT2D eigenvalue weighted by Crippen LogP contribution is 2.34. The monoisotopic (exact) mass is 547 g/mol. The fourth-order valence-corrected chi connectivity index (χ4v) is 4.72. The summed E-state index contributed by atoms with van der Waals surface area (Å²) in [4.78, 5) is 40.8. The van der Waals surface area contributed by atoms with Gasteiger partial charge in [0, 0.05) is 12.2 Å². The van der Waals surface area contributed by atoms with Gasteiger partial charge in [-0.2, -0.15) is 4.37 Å². The molecular weight excluding hydrogens is 521 g/mol. The summed E-state index contributed by atoms with van der Waals surface area (Å²) in [6, 6.07) is 17.4. The molecule has 0 fully saturated rings. The largest absolute Gasteiger partial charge is 0.508 e. The zero-order valence-electron chi connectivity index (χ0n) is 20.9. The number of rotatable bonds is 9. The van der Waals surface area contributed by atoms with Crippen molar-refractivity contribution in [1.29, 1.82) is 0 Å². The lowest BCUT2D eigenvalue weighted by atomic mass is 10.0. The average molecular weight is 548 g/mol. The molecule has 1 atom stereocenters. The maximum absolute atomic E-state index is 14.0. The summed E-state index contributed by atoms with van der Waals surface area (Å²) in [6.45, 7) is 2.06. The molecule has 1 heterocycles. The molecule has 39 heavy (non-hydrogen) atoms. The number of halogens is 1. The predicted molar refractivity (Wildman–Crippen MR) is 147 cm³/mol. The molecule has 200 valence electrons. The zero-order valence-corrected chi connectivity index (χ0v) is 21.7. The van der Waals surface area contributed by atoms with Crippen molar-refractivity contribution in [2.45, 2.75) is 25.9 Å². The molecule has 0 spiro atoms. The lowest BCUT2D eigenvalue weighted by Gasteiger charge is -2.31. The number of phenolic OH excluding ortho intramolecular Hbond substituents is 1. The maximum atomic E-state index is 14.0. The Morgan fingerprint density at radius 1 is 1.00 bits per heavy atom. The molecule has 0 aliphatic carbocycles. The number of aryl methyl sites for hydroxylation is 1.